The van der Waals surface area contributed by atoms with Crippen LogP contribution in [-0.2, 0) is 0 Å². The van der Waals surface area contributed by atoms with Gasteiger partial charge in [0.2, 0.25) is 0 Å². The third-order valence-corrected chi connectivity index (χ3v) is 6.43. The van der Waals surface area contributed by atoms with Crippen LogP contribution in [0.5, 0.6) is 5.75 Å². The van der Waals surface area contributed by atoms with Crippen LogP contribution in [-0.4, -0.2) is 12.4 Å². The second-order valence-electron chi connectivity index (χ2n) is 8.09. The zero-order chi connectivity index (χ0) is 19.2. The van der Waals surface area contributed by atoms with Crippen molar-refractivity contribution in [3.8, 4) is 16.2 Å². The van der Waals surface area contributed by atoms with Crippen LogP contribution in [0.1, 0.15) is 44.0 Å². The van der Waals surface area contributed by atoms with Crippen LogP contribution < -0.4 is 4.74 Å². The Balaban J connectivity index is 1.78. The summed E-state index contributed by atoms with van der Waals surface area (Å²) in [5.41, 5.74) is 1.93. The number of carbonyl (C=O) groups is 1. The molecule has 0 atom stereocenters. The highest BCUT2D eigenvalue weighted by atomic mass is 32.1. The van der Waals surface area contributed by atoms with Crippen LogP contribution in [0, 0.1) is 17.2 Å². The van der Waals surface area contributed by atoms with Gasteiger partial charge in [-0.25, -0.2) is 4.39 Å². The summed E-state index contributed by atoms with van der Waals surface area (Å²) in [6.07, 6.45) is 2.44. The lowest BCUT2D eigenvalue weighted by Crippen LogP contribution is -2.09. The van der Waals surface area contributed by atoms with Gasteiger partial charge in [0.25, 0.3) is 0 Å². The van der Waals surface area contributed by atoms with Gasteiger partial charge in [-0.05, 0) is 48.7 Å². The number of benzene rings is 2. The van der Waals surface area contributed by atoms with Crippen LogP contribution in [0.2, 0.25) is 0 Å². The van der Waals surface area contributed by atoms with E-state index in [4.69, 9.17) is 4.74 Å². The summed E-state index contributed by atoms with van der Waals surface area (Å²) in [4.78, 5) is 13.8. The molecule has 0 bridgehead atoms. The Bertz CT molecular complexity index is 997. The Hall–Kier alpha value is -2.20. The van der Waals surface area contributed by atoms with Gasteiger partial charge in [0.15, 0.2) is 5.78 Å². The molecule has 4 rings (SSSR count). The van der Waals surface area contributed by atoms with Crippen LogP contribution in [0.25, 0.3) is 20.5 Å². The molecule has 3 aromatic rings. The Morgan fingerprint density at radius 2 is 1.89 bits per heavy atom. The number of hydrogen-bond acceptors (Lipinski definition) is 3. The quantitative estimate of drug-likeness (QED) is 0.442. The molecule has 2 aromatic carbocycles. The Morgan fingerprint density at radius 3 is 2.52 bits per heavy atom. The molecule has 0 saturated heterocycles. The monoisotopic (exact) mass is 382 g/mol. The van der Waals surface area contributed by atoms with Gasteiger partial charge in [-0.3, -0.25) is 4.79 Å². The Labute approximate surface area is 163 Å². The molecule has 0 spiro atoms. The topological polar surface area (TPSA) is 26.3 Å². The van der Waals surface area contributed by atoms with Crippen LogP contribution in [0.3, 0.4) is 0 Å². The van der Waals surface area contributed by atoms with E-state index in [1.54, 1.807) is 23.5 Å². The molecule has 1 heterocycles. The van der Waals surface area contributed by atoms with E-state index in [1.165, 1.54) is 25.0 Å². The van der Waals surface area contributed by atoms with E-state index in [-0.39, 0.29) is 17.5 Å². The number of ketones is 1. The number of fused-ring (bicyclic) bond motifs is 1. The number of rotatable bonds is 6. The normalized spacial score (nSPS) is 15.3. The van der Waals surface area contributed by atoms with Crippen LogP contribution in [0.15, 0.2) is 42.5 Å². The smallest absolute Gasteiger partial charge is 0.167 e. The highest BCUT2D eigenvalue weighted by molar-refractivity contribution is 7.22. The van der Waals surface area contributed by atoms with E-state index < -0.39 is 0 Å². The molecule has 1 fully saturated rings. The van der Waals surface area contributed by atoms with Crippen molar-refractivity contribution in [2.75, 3.05) is 6.61 Å². The average Bonchev–Trinajstić information content (AvgIpc) is 3.27. The van der Waals surface area contributed by atoms with E-state index >= 15 is 0 Å². The molecule has 1 aliphatic rings. The van der Waals surface area contributed by atoms with Crippen molar-refractivity contribution in [1.82, 2.24) is 0 Å². The zero-order valence-electron chi connectivity index (χ0n) is 15.8. The number of ether oxygens (including phenoxy) is 1. The molecule has 0 unspecified atom stereocenters. The van der Waals surface area contributed by atoms with Crippen LogP contribution >= 0.6 is 11.3 Å². The summed E-state index contributed by atoms with van der Waals surface area (Å²) in [5.74, 6) is 0.569. The standard InChI is InChI=1S/C23H23FO2S/c1-14(2)21(25)20-18-9-8-17(26-13-23(3)10-11-23)12-19(18)27-22(20)15-4-6-16(24)7-5-15/h4-9,12,14H,10-11,13H2,1-3H3. The van der Waals surface area contributed by atoms with Crippen molar-refractivity contribution in [3.05, 3.63) is 53.8 Å². The van der Waals surface area contributed by atoms with E-state index in [2.05, 4.69) is 6.92 Å². The number of hydrogen-bond donors (Lipinski definition) is 0. The second kappa shape index (κ2) is 6.75. The third-order valence-electron chi connectivity index (χ3n) is 5.23. The summed E-state index contributed by atoms with van der Waals surface area (Å²) in [6.45, 7) is 6.79. The van der Waals surface area contributed by atoms with E-state index in [1.807, 2.05) is 32.0 Å². The number of Topliss-reactive ketones (excluding diaryl/α,β-unsaturated/α-hetero) is 1. The molecule has 1 aliphatic carbocycles. The second-order valence-corrected chi connectivity index (χ2v) is 9.14. The minimum atomic E-state index is -0.277. The molecule has 2 nitrogen and oxygen atoms in total. The zero-order valence-corrected chi connectivity index (χ0v) is 16.7. The highest BCUT2D eigenvalue weighted by Crippen LogP contribution is 2.46. The fourth-order valence-corrected chi connectivity index (χ4v) is 4.36. The Kier molecular flexibility index (Phi) is 4.55. The lowest BCUT2D eigenvalue weighted by molar-refractivity contribution is 0.0942. The first-order chi connectivity index (χ1) is 12.9. The maximum Gasteiger partial charge on any atom is 0.167 e. The minimum absolute atomic E-state index is 0.104. The van der Waals surface area contributed by atoms with Crippen molar-refractivity contribution in [2.24, 2.45) is 11.3 Å². The van der Waals surface area contributed by atoms with Gasteiger partial charge >= 0.3 is 0 Å². The van der Waals surface area contributed by atoms with E-state index in [0.717, 1.165) is 38.4 Å². The molecule has 0 aliphatic heterocycles. The summed E-state index contributed by atoms with van der Waals surface area (Å²) in [6, 6.07) is 12.3. The van der Waals surface area contributed by atoms with Gasteiger partial charge in [-0.15, -0.1) is 11.3 Å². The molecule has 0 N–H and O–H groups in total. The van der Waals surface area contributed by atoms with Gasteiger partial charge in [0.05, 0.1) is 6.61 Å². The molecule has 27 heavy (non-hydrogen) atoms. The van der Waals surface area contributed by atoms with Gasteiger partial charge < -0.3 is 4.74 Å². The van der Waals surface area contributed by atoms with Crippen molar-refractivity contribution in [1.29, 1.82) is 0 Å². The molecular weight excluding hydrogens is 359 g/mol. The van der Waals surface area contributed by atoms with Crippen molar-refractivity contribution in [3.63, 3.8) is 0 Å². The first kappa shape index (κ1) is 18.2. The molecule has 1 aromatic heterocycles. The van der Waals surface area contributed by atoms with Gasteiger partial charge in [-0.2, -0.15) is 0 Å². The first-order valence-corrected chi connectivity index (χ1v) is 10.2. The SMILES string of the molecule is CC(C)C(=O)c1c(-c2ccc(F)cc2)sc2cc(OCC3(C)CC3)ccc12. The molecule has 140 valence electrons. The predicted molar refractivity (Wildman–Crippen MR) is 109 cm³/mol. The molecule has 1 saturated carbocycles. The van der Waals surface area contributed by atoms with Crippen molar-refractivity contribution in [2.45, 2.75) is 33.6 Å². The Morgan fingerprint density at radius 1 is 1.19 bits per heavy atom. The largest absolute Gasteiger partial charge is 0.493 e. The van der Waals surface area contributed by atoms with E-state index in [0.29, 0.717) is 5.41 Å². The third kappa shape index (κ3) is 3.63. The predicted octanol–water partition coefficient (Wildman–Crippen LogP) is 6.73. The summed E-state index contributed by atoms with van der Waals surface area (Å²) >= 11 is 1.57. The summed E-state index contributed by atoms with van der Waals surface area (Å²) in [7, 11) is 0. The minimum Gasteiger partial charge on any atom is -0.493 e. The maximum absolute atomic E-state index is 13.4. The lowest BCUT2D eigenvalue weighted by atomic mass is 9.96. The summed E-state index contributed by atoms with van der Waals surface area (Å²) in [5, 5.41) is 0.947. The van der Waals surface area contributed by atoms with Crippen molar-refractivity contribution >= 4 is 27.2 Å². The van der Waals surface area contributed by atoms with Crippen LogP contribution in [0.4, 0.5) is 4.39 Å². The van der Waals surface area contributed by atoms with Crippen molar-refractivity contribution < 1.29 is 13.9 Å². The number of halogens is 1. The summed E-state index contributed by atoms with van der Waals surface area (Å²) < 4.78 is 20.4. The van der Waals surface area contributed by atoms with E-state index in [9.17, 15) is 9.18 Å². The highest BCUT2D eigenvalue weighted by Gasteiger charge is 2.38. The number of carbonyl (C=O) groups excluding carboxylic acids is 1. The first-order valence-electron chi connectivity index (χ1n) is 9.36. The van der Waals surface area contributed by atoms with Gasteiger partial charge in [0, 0.05) is 31.9 Å². The van der Waals surface area contributed by atoms with Gasteiger partial charge in [-0.1, -0.05) is 32.9 Å². The lowest BCUT2D eigenvalue weighted by Gasteiger charge is -2.11. The molecule has 4 heteroatoms. The average molecular weight is 383 g/mol. The van der Waals surface area contributed by atoms with Gasteiger partial charge in [0.1, 0.15) is 11.6 Å². The fraction of sp³-hybridized carbons (Fsp3) is 0.348. The molecule has 0 amide bonds. The molecular formula is C23H23FO2S. The number of thiophene rings is 1. The molecule has 0 radical (unpaired) electrons. The maximum atomic E-state index is 13.4. The fourth-order valence-electron chi connectivity index (χ4n) is 3.12.